The van der Waals surface area contributed by atoms with E-state index < -0.39 is 0 Å². The fourth-order valence-corrected chi connectivity index (χ4v) is 3.60. The molecule has 24 heavy (non-hydrogen) atoms. The van der Waals surface area contributed by atoms with Gasteiger partial charge < -0.3 is 9.72 Å². The number of thiophene rings is 1. The molecule has 0 amide bonds. The number of carbonyl (C=O) groups excluding carboxylic acids is 1. The number of nitrogens with one attached hydrogen (secondary N) is 1. The maximum Gasteiger partial charge on any atom is 0.260 e. The Labute approximate surface area is 140 Å². The van der Waals surface area contributed by atoms with Crippen LogP contribution in [0.5, 0.6) is 5.75 Å². The van der Waals surface area contributed by atoms with Crippen LogP contribution in [0.25, 0.3) is 32.4 Å². The van der Waals surface area contributed by atoms with E-state index in [1.165, 1.54) is 22.9 Å². The van der Waals surface area contributed by atoms with Crippen LogP contribution in [0.3, 0.4) is 0 Å². The lowest BCUT2D eigenvalue weighted by Gasteiger charge is -2.03. The highest BCUT2D eigenvalue weighted by atomic mass is 32.1. The van der Waals surface area contributed by atoms with Gasteiger partial charge in [0.25, 0.3) is 5.56 Å². The average molecular weight is 339 g/mol. The van der Waals surface area contributed by atoms with E-state index in [0.717, 1.165) is 10.3 Å². The summed E-state index contributed by atoms with van der Waals surface area (Å²) in [4.78, 5) is 28.4. The van der Waals surface area contributed by atoms with Crippen molar-refractivity contribution in [3.63, 3.8) is 0 Å². The number of hydrogen-bond acceptors (Lipinski definition) is 5. The van der Waals surface area contributed by atoms with E-state index in [9.17, 15) is 9.59 Å². The van der Waals surface area contributed by atoms with E-state index in [2.05, 4.69) is 10.1 Å². The molecular weight excluding hydrogens is 326 g/mol. The SMILES string of the molecule is COc1ccc2c(c1)[nH]c(=O)c1c(-c3cccs3)n(C(C)=O)nc12. The molecule has 1 aromatic carbocycles. The molecule has 0 spiro atoms. The molecule has 0 saturated carbocycles. The van der Waals surface area contributed by atoms with E-state index in [1.54, 1.807) is 19.2 Å². The molecule has 3 aromatic heterocycles. The van der Waals surface area contributed by atoms with Gasteiger partial charge in [0.15, 0.2) is 0 Å². The normalized spacial score (nSPS) is 11.2. The number of methoxy groups -OCH3 is 1. The number of pyridine rings is 1. The quantitative estimate of drug-likeness (QED) is 0.608. The first kappa shape index (κ1) is 14.6. The number of hydrogen-bond donors (Lipinski definition) is 1. The van der Waals surface area contributed by atoms with Crippen molar-refractivity contribution in [2.75, 3.05) is 7.11 Å². The number of nitrogens with zero attached hydrogens (tertiary/aromatic N) is 2. The predicted octanol–water partition coefficient (Wildman–Crippen LogP) is 3.28. The maximum atomic E-state index is 12.7. The Hall–Kier alpha value is -2.93. The van der Waals surface area contributed by atoms with Gasteiger partial charge >= 0.3 is 0 Å². The minimum absolute atomic E-state index is 0.240. The number of ether oxygens (including phenoxy) is 1. The summed E-state index contributed by atoms with van der Waals surface area (Å²) in [6.45, 7) is 1.43. The van der Waals surface area contributed by atoms with Crippen LogP contribution in [0.1, 0.15) is 11.7 Å². The zero-order chi connectivity index (χ0) is 16.8. The number of carbonyl (C=O) groups is 1. The molecule has 4 rings (SSSR count). The summed E-state index contributed by atoms with van der Waals surface area (Å²) in [5.41, 5.74) is 1.39. The number of aromatic nitrogens is 3. The highest BCUT2D eigenvalue weighted by Crippen LogP contribution is 2.33. The Kier molecular flexibility index (Phi) is 3.24. The van der Waals surface area contributed by atoms with Gasteiger partial charge in [-0.3, -0.25) is 9.59 Å². The average Bonchev–Trinajstić information content (AvgIpc) is 3.21. The predicted molar refractivity (Wildman–Crippen MR) is 94.0 cm³/mol. The third-order valence-electron chi connectivity index (χ3n) is 3.90. The van der Waals surface area contributed by atoms with E-state index in [-0.39, 0.29) is 11.5 Å². The zero-order valence-corrected chi connectivity index (χ0v) is 13.8. The van der Waals surface area contributed by atoms with Crippen LogP contribution in [0.2, 0.25) is 0 Å². The van der Waals surface area contributed by atoms with Gasteiger partial charge in [0.2, 0.25) is 5.91 Å². The van der Waals surface area contributed by atoms with Gasteiger partial charge in [-0.25, -0.2) is 0 Å². The number of fused-ring (bicyclic) bond motifs is 3. The van der Waals surface area contributed by atoms with Gasteiger partial charge in [-0.05, 0) is 23.6 Å². The summed E-state index contributed by atoms with van der Waals surface area (Å²) in [6.07, 6.45) is 0. The Morgan fingerprint density at radius 3 is 2.83 bits per heavy atom. The molecule has 0 unspecified atom stereocenters. The summed E-state index contributed by atoms with van der Waals surface area (Å²) in [5.74, 6) is 0.401. The van der Waals surface area contributed by atoms with E-state index >= 15 is 0 Å². The number of H-pyrrole nitrogens is 1. The van der Waals surface area contributed by atoms with Crippen LogP contribution in [0.15, 0.2) is 40.5 Å². The van der Waals surface area contributed by atoms with Crippen LogP contribution >= 0.6 is 11.3 Å². The molecule has 0 aliphatic rings. The molecule has 6 nitrogen and oxygen atoms in total. The first-order valence-corrected chi connectivity index (χ1v) is 8.15. The topological polar surface area (TPSA) is 77.0 Å². The van der Waals surface area contributed by atoms with Crippen molar-refractivity contribution in [3.8, 4) is 16.3 Å². The van der Waals surface area contributed by atoms with Gasteiger partial charge in [0.05, 0.1) is 22.9 Å². The standard InChI is InChI=1S/C17H13N3O3S/c1-9(21)20-16(13-4-3-7-24-13)14-15(19-20)11-6-5-10(23-2)8-12(11)18-17(14)22/h3-8H,1-2H3,(H,18,22). The molecule has 120 valence electrons. The Morgan fingerprint density at radius 1 is 1.33 bits per heavy atom. The van der Waals surface area contributed by atoms with Gasteiger partial charge in [-0.15, -0.1) is 11.3 Å². The first-order chi connectivity index (χ1) is 11.6. The summed E-state index contributed by atoms with van der Waals surface area (Å²) in [6, 6.07) is 9.13. The summed E-state index contributed by atoms with van der Waals surface area (Å²) in [7, 11) is 1.57. The zero-order valence-electron chi connectivity index (χ0n) is 13.0. The molecule has 0 radical (unpaired) electrons. The molecule has 7 heteroatoms. The second-order valence-corrected chi connectivity index (χ2v) is 6.29. The van der Waals surface area contributed by atoms with E-state index in [4.69, 9.17) is 4.74 Å². The smallest absolute Gasteiger partial charge is 0.260 e. The largest absolute Gasteiger partial charge is 0.497 e. The molecule has 0 fully saturated rings. The molecular formula is C17H13N3O3S. The lowest BCUT2D eigenvalue weighted by Crippen LogP contribution is -2.10. The summed E-state index contributed by atoms with van der Waals surface area (Å²) >= 11 is 1.46. The molecule has 1 N–H and O–H groups in total. The molecule has 0 aliphatic heterocycles. The highest BCUT2D eigenvalue weighted by molar-refractivity contribution is 7.13. The number of benzene rings is 1. The van der Waals surface area contributed by atoms with Crippen molar-refractivity contribution >= 4 is 39.0 Å². The molecule has 3 heterocycles. The van der Waals surface area contributed by atoms with Crippen LogP contribution in [-0.4, -0.2) is 27.8 Å². The Bertz CT molecular complexity index is 1140. The molecule has 0 atom stereocenters. The summed E-state index contributed by atoms with van der Waals surface area (Å²) in [5, 5.41) is 7.52. The molecule has 0 aliphatic carbocycles. The van der Waals surface area contributed by atoms with E-state index in [1.807, 2.05) is 23.6 Å². The van der Waals surface area contributed by atoms with Crippen LogP contribution < -0.4 is 10.3 Å². The van der Waals surface area contributed by atoms with Gasteiger partial charge in [0.1, 0.15) is 17.0 Å². The monoisotopic (exact) mass is 339 g/mol. The van der Waals surface area contributed by atoms with Crippen LogP contribution in [-0.2, 0) is 0 Å². The van der Waals surface area contributed by atoms with Gasteiger partial charge in [-0.1, -0.05) is 6.07 Å². The summed E-state index contributed by atoms with van der Waals surface area (Å²) < 4.78 is 6.50. The fraction of sp³-hybridized carbons (Fsp3) is 0.118. The maximum absolute atomic E-state index is 12.7. The Morgan fingerprint density at radius 2 is 2.17 bits per heavy atom. The van der Waals surface area contributed by atoms with Crippen molar-refractivity contribution in [1.29, 1.82) is 0 Å². The van der Waals surface area contributed by atoms with E-state index in [0.29, 0.717) is 27.9 Å². The van der Waals surface area contributed by atoms with Crippen molar-refractivity contribution in [2.24, 2.45) is 0 Å². The number of rotatable bonds is 2. The third-order valence-corrected chi connectivity index (χ3v) is 4.77. The van der Waals surface area contributed by atoms with Crippen molar-refractivity contribution in [2.45, 2.75) is 6.92 Å². The lowest BCUT2D eigenvalue weighted by atomic mass is 10.1. The molecule has 0 saturated heterocycles. The molecule has 4 aromatic rings. The Balaban J connectivity index is 2.19. The van der Waals surface area contributed by atoms with Crippen LogP contribution in [0.4, 0.5) is 0 Å². The van der Waals surface area contributed by atoms with Gasteiger partial charge in [0, 0.05) is 18.4 Å². The second-order valence-electron chi connectivity index (χ2n) is 5.35. The highest BCUT2D eigenvalue weighted by Gasteiger charge is 2.21. The third kappa shape index (κ3) is 2.05. The van der Waals surface area contributed by atoms with Crippen LogP contribution in [0, 0.1) is 0 Å². The lowest BCUT2D eigenvalue weighted by molar-refractivity contribution is 0.0924. The van der Waals surface area contributed by atoms with Crippen molar-refractivity contribution in [3.05, 3.63) is 46.1 Å². The minimum Gasteiger partial charge on any atom is -0.497 e. The van der Waals surface area contributed by atoms with Crippen molar-refractivity contribution < 1.29 is 9.53 Å². The minimum atomic E-state index is -0.276. The van der Waals surface area contributed by atoms with Crippen molar-refractivity contribution in [1.82, 2.24) is 14.8 Å². The second kappa shape index (κ2) is 5.31. The fourth-order valence-electron chi connectivity index (χ4n) is 2.84. The first-order valence-electron chi connectivity index (χ1n) is 7.27. The van der Waals surface area contributed by atoms with Gasteiger partial charge in [-0.2, -0.15) is 9.78 Å². The number of aromatic amines is 1. The molecule has 0 bridgehead atoms.